The average Bonchev–Trinajstić information content (AvgIpc) is 2.78. The number of nitrogens with one attached hydrogen (secondary N) is 1. The van der Waals surface area contributed by atoms with Gasteiger partial charge in [0.25, 0.3) is 5.91 Å². The van der Waals surface area contributed by atoms with Crippen LogP contribution in [0.5, 0.6) is 0 Å². The summed E-state index contributed by atoms with van der Waals surface area (Å²) in [4.78, 5) is 23.7. The lowest BCUT2D eigenvalue weighted by molar-refractivity contribution is -0.137. The molecule has 9 heteroatoms. The first-order valence-corrected chi connectivity index (χ1v) is 7.24. The van der Waals surface area contributed by atoms with Crippen molar-refractivity contribution in [1.82, 2.24) is 9.78 Å². The molecule has 1 aromatic heterocycles. The fourth-order valence-electron chi connectivity index (χ4n) is 2.17. The van der Waals surface area contributed by atoms with Crippen molar-refractivity contribution in [1.29, 1.82) is 0 Å². The minimum Gasteiger partial charge on any atom is -0.452 e. The molecule has 1 heterocycles. The van der Waals surface area contributed by atoms with Crippen LogP contribution in [-0.2, 0) is 22.8 Å². The van der Waals surface area contributed by atoms with Crippen LogP contribution < -0.4 is 5.32 Å². The van der Waals surface area contributed by atoms with Crippen LogP contribution in [-0.4, -0.2) is 28.3 Å². The first kappa shape index (κ1) is 18.5. The zero-order valence-electron chi connectivity index (χ0n) is 13.8. The van der Waals surface area contributed by atoms with Crippen LogP contribution in [0.3, 0.4) is 0 Å². The number of ether oxygens (including phenoxy) is 1. The molecule has 1 N–H and O–H groups in total. The van der Waals surface area contributed by atoms with Crippen LogP contribution in [0.4, 0.5) is 18.9 Å². The van der Waals surface area contributed by atoms with E-state index in [9.17, 15) is 22.8 Å². The number of hydrogen-bond acceptors (Lipinski definition) is 4. The minimum atomic E-state index is -4.57. The number of halogens is 3. The Morgan fingerprint density at radius 3 is 2.52 bits per heavy atom. The topological polar surface area (TPSA) is 73.2 Å². The summed E-state index contributed by atoms with van der Waals surface area (Å²) in [5, 5.41) is 6.69. The molecule has 0 bridgehead atoms. The average molecular weight is 355 g/mol. The normalized spacial score (nSPS) is 11.3. The molecule has 0 unspecified atom stereocenters. The van der Waals surface area contributed by atoms with Crippen LogP contribution in [0.25, 0.3) is 0 Å². The highest BCUT2D eigenvalue weighted by Crippen LogP contribution is 2.29. The fourth-order valence-corrected chi connectivity index (χ4v) is 2.17. The molecule has 0 radical (unpaired) electrons. The van der Waals surface area contributed by atoms with E-state index in [2.05, 4.69) is 10.4 Å². The van der Waals surface area contributed by atoms with E-state index in [0.29, 0.717) is 17.4 Å². The molecule has 0 saturated carbocycles. The van der Waals surface area contributed by atoms with Gasteiger partial charge in [0.1, 0.15) is 0 Å². The van der Waals surface area contributed by atoms with Crippen molar-refractivity contribution in [2.45, 2.75) is 20.0 Å². The van der Waals surface area contributed by atoms with Crippen LogP contribution in [0, 0.1) is 13.8 Å². The van der Waals surface area contributed by atoms with Crippen molar-refractivity contribution in [3.8, 4) is 0 Å². The summed E-state index contributed by atoms with van der Waals surface area (Å²) in [6, 6.07) is 3.81. The van der Waals surface area contributed by atoms with E-state index < -0.39 is 30.2 Å². The number of amides is 1. The number of carbonyl (C=O) groups is 2. The Kier molecular flexibility index (Phi) is 5.15. The molecule has 2 aromatic rings. The van der Waals surface area contributed by atoms with Gasteiger partial charge in [-0.1, -0.05) is 6.07 Å². The second kappa shape index (κ2) is 6.96. The molecule has 0 aliphatic carbocycles. The summed E-state index contributed by atoms with van der Waals surface area (Å²) in [6.07, 6.45) is -4.57. The van der Waals surface area contributed by atoms with Crippen molar-refractivity contribution in [3.05, 3.63) is 46.8 Å². The van der Waals surface area contributed by atoms with Gasteiger partial charge < -0.3 is 10.1 Å². The predicted molar refractivity (Wildman–Crippen MR) is 83.0 cm³/mol. The molecule has 25 heavy (non-hydrogen) atoms. The van der Waals surface area contributed by atoms with Gasteiger partial charge in [-0.2, -0.15) is 18.3 Å². The third kappa shape index (κ3) is 4.37. The first-order valence-electron chi connectivity index (χ1n) is 7.24. The number of aromatic nitrogens is 2. The molecule has 0 spiro atoms. The number of rotatable bonds is 4. The number of benzene rings is 1. The van der Waals surface area contributed by atoms with Crippen molar-refractivity contribution in [3.63, 3.8) is 0 Å². The Morgan fingerprint density at radius 2 is 1.96 bits per heavy atom. The first-order chi connectivity index (χ1) is 11.6. The van der Waals surface area contributed by atoms with Gasteiger partial charge in [0, 0.05) is 7.05 Å². The molecule has 134 valence electrons. The highest BCUT2D eigenvalue weighted by atomic mass is 19.4. The van der Waals surface area contributed by atoms with Crippen LogP contribution in [0.2, 0.25) is 0 Å². The summed E-state index contributed by atoms with van der Waals surface area (Å²) < 4.78 is 44.3. The molecular weight excluding hydrogens is 339 g/mol. The predicted octanol–water partition coefficient (Wildman–Crippen LogP) is 2.85. The lowest BCUT2D eigenvalue weighted by Crippen LogP contribution is -2.21. The molecule has 0 saturated heterocycles. The van der Waals surface area contributed by atoms with Gasteiger partial charge in [0.05, 0.1) is 28.2 Å². The Bertz CT molecular complexity index is 813. The van der Waals surface area contributed by atoms with Gasteiger partial charge in [-0.25, -0.2) is 4.79 Å². The smallest absolute Gasteiger partial charge is 0.416 e. The van der Waals surface area contributed by atoms with Crippen molar-refractivity contribution in [2.24, 2.45) is 7.05 Å². The van der Waals surface area contributed by atoms with Crippen LogP contribution in [0.1, 0.15) is 27.3 Å². The second-order valence-corrected chi connectivity index (χ2v) is 5.37. The summed E-state index contributed by atoms with van der Waals surface area (Å²) in [5.74, 6) is -1.62. The van der Waals surface area contributed by atoms with E-state index in [1.165, 1.54) is 6.07 Å². The standard InChI is InChI=1S/C16H16F3N3O3/c1-9-14(10(2)22(3)21-9)20-13(23)8-25-15(24)11-5-4-6-12(7-11)16(17,18)19/h4-7H,8H2,1-3H3,(H,20,23). The molecule has 0 aliphatic heterocycles. The largest absolute Gasteiger partial charge is 0.452 e. The van der Waals surface area contributed by atoms with E-state index in [0.717, 1.165) is 17.8 Å². The zero-order valence-corrected chi connectivity index (χ0v) is 13.8. The van der Waals surface area contributed by atoms with E-state index in [4.69, 9.17) is 4.74 Å². The van der Waals surface area contributed by atoms with Gasteiger partial charge in [-0.05, 0) is 32.0 Å². The second-order valence-electron chi connectivity index (χ2n) is 5.37. The number of aryl methyl sites for hydroxylation is 2. The number of alkyl halides is 3. The minimum absolute atomic E-state index is 0.281. The third-order valence-electron chi connectivity index (χ3n) is 3.53. The maximum atomic E-state index is 12.6. The highest BCUT2D eigenvalue weighted by molar-refractivity contribution is 5.96. The summed E-state index contributed by atoms with van der Waals surface area (Å²) in [6.45, 7) is 2.84. The molecule has 0 aliphatic rings. The Balaban J connectivity index is 1.99. The Labute approximate surface area is 141 Å². The molecule has 1 amide bonds. The lowest BCUT2D eigenvalue weighted by atomic mass is 10.1. The number of nitrogens with zero attached hydrogens (tertiary/aromatic N) is 2. The van der Waals surface area contributed by atoms with Gasteiger partial charge in [0.15, 0.2) is 6.61 Å². The van der Waals surface area contributed by atoms with Gasteiger partial charge in [-0.15, -0.1) is 0 Å². The molecular formula is C16H16F3N3O3. The SMILES string of the molecule is Cc1nn(C)c(C)c1NC(=O)COC(=O)c1cccc(C(F)(F)F)c1. The zero-order chi connectivity index (χ0) is 18.8. The van der Waals surface area contributed by atoms with Crippen molar-refractivity contribution < 1.29 is 27.5 Å². The molecule has 0 atom stereocenters. The number of carbonyl (C=O) groups excluding carboxylic acids is 2. The quantitative estimate of drug-likeness (QED) is 0.856. The maximum Gasteiger partial charge on any atom is 0.416 e. The summed E-state index contributed by atoms with van der Waals surface area (Å²) >= 11 is 0. The van der Waals surface area contributed by atoms with Crippen LogP contribution in [0.15, 0.2) is 24.3 Å². The van der Waals surface area contributed by atoms with Crippen molar-refractivity contribution >= 4 is 17.6 Å². The van der Waals surface area contributed by atoms with Gasteiger partial charge >= 0.3 is 12.1 Å². The fraction of sp³-hybridized carbons (Fsp3) is 0.312. The molecule has 1 aromatic carbocycles. The lowest BCUT2D eigenvalue weighted by Gasteiger charge is -2.09. The van der Waals surface area contributed by atoms with Crippen molar-refractivity contribution in [2.75, 3.05) is 11.9 Å². The summed E-state index contributed by atoms with van der Waals surface area (Å²) in [5.41, 5.74) is 0.569. The highest BCUT2D eigenvalue weighted by Gasteiger charge is 2.31. The van der Waals surface area contributed by atoms with E-state index in [-0.39, 0.29) is 5.56 Å². The summed E-state index contributed by atoms with van der Waals surface area (Å²) in [7, 11) is 1.71. The number of esters is 1. The molecule has 6 nitrogen and oxygen atoms in total. The van der Waals surface area contributed by atoms with E-state index in [1.54, 1.807) is 25.6 Å². The maximum absolute atomic E-state index is 12.6. The van der Waals surface area contributed by atoms with E-state index in [1.807, 2.05) is 0 Å². The Morgan fingerprint density at radius 1 is 1.28 bits per heavy atom. The Hall–Kier alpha value is -2.84. The monoisotopic (exact) mass is 355 g/mol. The van der Waals surface area contributed by atoms with Crippen LogP contribution >= 0.6 is 0 Å². The number of hydrogen-bond donors (Lipinski definition) is 1. The molecule has 2 rings (SSSR count). The third-order valence-corrected chi connectivity index (χ3v) is 3.53. The van der Waals surface area contributed by atoms with Gasteiger partial charge in [-0.3, -0.25) is 9.48 Å². The van der Waals surface area contributed by atoms with Gasteiger partial charge in [0.2, 0.25) is 0 Å². The van der Waals surface area contributed by atoms with E-state index >= 15 is 0 Å². The molecule has 0 fully saturated rings. The number of anilines is 1.